The number of rotatable bonds is 8. The molecule has 26 heavy (non-hydrogen) atoms. The van der Waals surface area contributed by atoms with Gasteiger partial charge in [0, 0.05) is 25.4 Å². The van der Waals surface area contributed by atoms with Crippen molar-refractivity contribution in [3.05, 3.63) is 60.8 Å². The van der Waals surface area contributed by atoms with E-state index in [-0.39, 0.29) is 11.9 Å². The Kier molecular flexibility index (Phi) is 5.92. The first-order valence-corrected chi connectivity index (χ1v) is 8.67. The van der Waals surface area contributed by atoms with Gasteiger partial charge in [-0.25, -0.2) is 15.0 Å². The van der Waals surface area contributed by atoms with E-state index in [4.69, 9.17) is 0 Å². The molecule has 3 N–H and O–H groups in total. The van der Waals surface area contributed by atoms with Crippen LogP contribution < -0.4 is 10.6 Å². The van der Waals surface area contributed by atoms with E-state index in [1.807, 2.05) is 37.3 Å². The van der Waals surface area contributed by atoms with Gasteiger partial charge < -0.3 is 15.6 Å². The number of benzene rings is 1. The zero-order valence-electron chi connectivity index (χ0n) is 14.6. The third-order valence-electron chi connectivity index (χ3n) is 3.95. The minimum atomic E-state index is -0.145. The van der Waals surface area contributed by atoms with Gasteiger partial charge in [-0.15, -0.1) is 0 Å². The molecule has 7 nitrogen and oxygen atoms in total. The molecule has 0 aliphatic rings. The van der Waals surface area contributed by atoms with E-state index >= 15 is 0 Å². The number of nitrogens with one attached hydrogen (secondary N) is 3. The number of aromatic amines is 1. The Morgan fingerprint density at radius 1 is 1.12 bits per heavy atom. The molecule has 0 radical (unpaired) electrons. The largest absolute Gasteiger partial charge is 0.354 e. The van der Waals surface area contributed by atoms with Crippen molar-refractivity contribution in [1.29, 1.82) is 0 Å². The van der Waals surface area contributed by atoms with Crippen LogP contribution in [-0.2, 0) is 4.79 Å². The lowest BCUT2D eigenvalue weighted by Gasteiger charge is -2.15. The van der Waals surface area contributed by atoms with Gasteiger partial charge >= 0.3 is 0 Å². The molecule has 134 valence electrons. The predicted octanol–water partition coefficient (Wildman–Crippen LogP) is 2.94. The van der Waals surface area contributed by atoms with Crippen LogP contribution >= 0.6 is 0 Å². The van der Waals surface area contributed by atoms with Gasteiger partial charge in [-0.1, -0.05) is 37.3 Å². The Morgan fingerprint density at radius 3 is 2.62 bits per heavy atom. The van der Waals surface area contributed by atoms with Gasteiger partial charge in [0.25, 0.3) is 0 Å². The van der Waals surface area contributed by atoms with Crippen molar-refractivity contribution >= 4 is 11.9 Å². The van der Waals surface area contributed by atoms with E-state index in [2.05, 4.69) is 30.6 Å². The summed E-state index contributed by atoms with van der Waals surface area (Å²) in [7, 11) is 0. The molecule has 1 unspecified atom stereocenters. The maximum Gasteiger partial charge on any atom is 0.222 e. The standard InChI is InChI=1S/C19H22N6O/c1-2-15(18-23-13-16(25-18)14-7-4-3-5-8-14)24-17(26)9-12-22-19-20-10-6-11-21-19/h3-8,10-11,13,15H,2,9,12H2,1H3,(H,23,25)(H,24,26)(H,20,21,22). The van der Waals surface area contributed by atoms with E-state index in [0.29, 0.717) is 18.9 Å². The minimum Gasteiger partial charge on any atom is -0.354 e. The van der Waals surface area contributed by atoms with Crippen molar-refractivity contribution in [2.45, 2.75) is 25.8 Å². The minimum absolute atomic E-state index is 0.0436. The Balaban J connectivity index is 1.54. The highest BCUT2D eigenvalue weighted by atomic mass is 16.1. The fourth-order valence-electron chi connectivity index (χ4n) is 2.59. The topological polar surface area (TPSA) is 95.6 Å². The number of hydrogen-bond acceptors (Lipinski definition) is 5. The predicted molar refractivity (Wildman–Crippen MR) is 100 cm³/mol. The van der Waals surface area contributed by atoms with E-state index in [1.54, 1.807) is 24.7 Å². The summed E-state index contributed by atoms with van der Waals surface area (Å²) in [5.74, 6) is 1.24. The molecule has 2 aromatic heterocycles. The molecule has 1 amide bonds. The Morgan fingerprint density at radius 2 is 1.88 bits per heavy atom. The highest BCUT2D eigenvalue weighted by Crippen LogP contribution is 2.20. The summed E-state index contributed by atoms with van der Waals surface area (Å²) in [5.41, 5.74) is 2.01. The number of imidazole rings is 1. The lowest BCUT2D eigenvalue weighted by Crippen LogP contribution is -2.30. The van der Waals surface area contributed by atoms with Crippen LogP contribution in [0.3, 0.4) is 0 Å². The summed E-state index contributed by atoms with van der Waals surface area (Å²) < 4.78 is 0. The van der Waals surface area contributed by atoms with Crippen LogP contribution in [0.5, 0.6) is 0 Å². The third-order valence-corrected chi connectivity index (χ3v) is 3.95. The number of H-pyrrole nitrogens is 1. The summed E-state index contributed by atoms with van der Waals surface area (Å²) in [6.45, 7) is 2.49. The van der Waals surface area contributed by atoms with Crippen molar-refractivity contribution in [1.82, 2.24) is 25.3 Å². The summed E-state index contributed by atoms with van der Waals surface area (Å²) in [6, 6.07) is 11.6. The van der Waals surface area contributed by atoms with Gasteiger partial charge in [0.15, 0.2) is 0 Å². The van der Waals surface area contributed by atoms with E-state index < -0.39 is 0 Å². The maximum absolute atomic E-state index is 12.2. The highest BCUT2D eigenvalue weighted by molar-refractivity contribution is 5.76. The lowest BCUT2D eigenvalue weighted by molar-refractivity contribution is -0.121. The number of carbonyl (C=O) groups excluding carboxylic acids is 1. The Bertz CT molecular complexity index is 818. The molecular weight excluding hydrogens is 328 g/mol. The van der Waals surface area contributed by atoms with Crippen molar-refractivity contribution in [3.8, 4) is 11.3 Å². The van der Waals surface area contributed by atoms with Crippen LogP contribution in [0.4, 0.5) is 5.95 Å². The Hall–Kier alpha value is -3.22. The molecule has 0 spiro atoms. The first-order valence-electron chi connectivity index (χ1n) is 8.67. The molecule has 3 aromatic rings. The van der Waals surface area contributed by atoms with Crippen molar-refractivity contribution in [3.63, 3.8) is 0 Å². The van der Waals surface area contributed by atoms with Crippen LogP contribution in [0, 0.1) is 0 Å². The van der Waals surface area contributed by atoms with Crippen LogP contribution in [-0.4, -0.2) is 32.4 Å². The van der Waals surface area contributed by atoms with Gasteiger partial charge in [-0.2, -0.15) is 0 Å². The number of aromatic nitrogens is 4. The zero-order chi connectivity index (χ0) is 18.2. The molecule has 0 aliphatic carbocycles. The smallest absolute Gasteiger partial charge is 0.222 e. The van der Waals surface area contributed by atoms with Crippen molar-refractivity contribution < 1.29 is 4.79 Å². The molecule has 2 heterocycles. The van der Waals surface area contributed by atoms with Crippen LogP contribution in [0.1, 0.15) is 31.6 Å². The second kappa shape index (κ2) is 8.75. The molecular formula is C19H22N6O. The summed E-state index contributed by atoms with van der Waals surface area (Å²) in [4.78, 5) is 28.1. The summed E-state index contributed by atoms with van der Waals surface area (Å²) in [6.07, 6.45) is 6.20. The quantitative estimate of drug-likeness (QED) is 0.580. The molecule has 0 bridgehead atoms. The average Bonchev–Trinajstić information content (AvgIpc) is 3.18. The van der Waals surface area contributed by atoms with Gasteiger partial charge in [0.05, 0.1) is 17.9 Å². The number of amides is 1. The molecule has 1 aromatic carbocycles. The van der Waals surface area contributed by atoms with Crippen molar-refractivity contribution in [2.24, 2.45) is 0 Å². The average molecular weight is 350 g/mol. The first kappa shape index (κ1) is 17.6. The molecule has 0 saturated heterocycles. The van der Waals surface area contributed by atoms with Gasteiger partial charge in [-0.3, -0.25) is 4.79 Å². The monoisotopic (exact) mass is 350 g/mol. The molecule has 0 saturated carbocycles. The van der Waals surface area contributed by atoms with E-state index in [1.165, 1.54) is 0 Å². The summed E-state index contributed by atoms with van der Waals surface area (Å²) in [5, 5.41) is 6.05. The van der Waals surface area contributed by atoms with Crippen LogP contribution in [0.25, 0.3) is 11.3 Å². The number of hydrogen-bond donors (Lipinski definition) is 3. The van der Waals surface area contributed by atoms with Crippen LogP contribution in [0.15, 0.2) is 55.0 Å². The molecule has 1 atom stereocenters. The highest BCUT2D eigenvalue weighted by Gasteiger charge is 2.16. The fraction of sp³-hybridized carbons (Fsp3) is 0.263. The normalized spacial score (nSPS) is 11.7. The number of carbonyl (C=O) groups is 1. The summed E-state index contributed by atoms with van der Waals surface area (Å²) >= 11 is 0. The molecule has 7 heteroatoms. The molecule has 0 fully saturated rings. The fourth-order valence-corrected chi connectivity index (χ4v) is 2.59. The van der Waals surface area contributed by atoms with Gasteiger partial charge in [0.1, 0.15) is 5.82 Å². The van der Waals surface area contributed by atoms with E-state index in [9.17, 15) is 4.79 Å². The van der Waals surface area contributed by atoms with Gasteiger partial charge in [-0.05, 0) is 18.1 Å². The third kappa shape index (κ3) is 4.66. The SMILES string of the molecule is CCC(NC(=O)CCNc1ncccn1)c1ncc(-c2ccccc2)[nH]1. The van der Waals surface area contributed by atoms with E-state index in [0.717, 1.165) is 23.5 Å². The first-order chi connectivity index (χ1) is 12.8. The number of nitrogens with zero attached hydrogens (tertiary/aromatic N) is 3. The van der Waals surface area contributed by atoms with Gasteiger partial charge in [0.2, 0.25) is 11.9 Å². The number of anilines is 1. The Labute approximate surface area is 152 Å². The zero-order valence-corrected chi connectivity index (χ0v) is 14.6. The lowest BCUT2D eigenvalue weighted by atomic mass is 10.2. The second-order valence-corrected chi connectivity index (χ2v) is 5.83. The molecule has 3 rings (SSSR count). The second-order valence-electron chi connectivity index (χ2n) is 5.83. The molecule has 0 aliphatic heterocycles. The van der Waals surface area contributed by atoms with Crippen LogP contribution in [0.2, 0.25) is 0 Å². The maximum atomic E-state index is 12.2. The van der Waals surface area contributed by atoms with Crippen molar-refractivity contribution in [2.75, 3.05) is 11.9 Å².